The Balaban J connectivity index is 0.00000161. The van der Waals surface area contributed by atoms with E-state index >= 15 is 0 Å². The van der Waals surface area contributed by atoms with E-state index in [0.29, 0.717) is 6.04 Å². The summed E-state index contributed by atoms with van der Waals surface area (Å²) in [6.07, 6.45) is 8.24. The number of nitrogens with one attached hydrogen (secondary N) is 1. The van der Waals surface area contributed by atoms with Gasteiger partial charge in [0.2, 0.25) is 0 Å². The molecule has 0 amide bonds. The van der Waals surface area contributed by atoms with Crippen LogP contribution in [0, 0.1) is 5.92 Å². The van der Waals surface area contributed by atoms with Gasteiger partial charge in [0.25, 0.3) is 0 Å². The highest BCUT2D eigenvalue weighted by Gasteiger charge is 2.25. The molecule has 0 bridgehead atoms. The van der Waals surface area contributed by atoms with Gasteiger partial charge in [-0.25, -0.2) is 0 Å². The van der Waals surface area contributed by atoms with E-state index in [1.165, 1.54) is 70.3 Å². The average Bonchev–Trinajstić information content (AvgIpc) is 2.75. The molecule has 2 aliphatic rings. The van der Waals surface area contributed by atoms with Crippen LogP contribution < -0.4 is 5.32 Å². The van der Waals surface area contributed by atoms with Crippen molar-refractivity contribution in [2.45, 2.75) is 44.6 Å². The van der Waals surface area contributed by atoms with Gasteiger partial charge in [0, 0.05) is 12.6 Å². The van der Waals surface area contributed by atoms with Gasteiger partial charge in [-0.2, -0.15) is 0 Å². The number of piperidine rings is 1. The van der Waals surface area contributed by atoms with Crippen LogP contribution in [-0.4, -0.2) is 31.1 Å². The fourth-order valence-electron chi connectivity index (χ4n) is 3.83. The van der Waals surface area contributed by atoms with Crippen LogP contribution in [0.1, 0.15) is 50.1 Å². The smallest absolute Gasteiger partial charge is 0.0348 e. The molecule has 0 aliphatic carbocycles. The van der Waals surface area contributed by atoms with E-state index in [1.807, 2.05) is 0 Å². The predicted molar refractivity (Wildman–Crippen MR) is 92.1 cm³/mol. The van der Waals surface area contributed by atoms with Gasteiger partial charge in [0.05, 0.1) is 0 Å². The molecule has 0 aromatic heterocycles. The normalized spacial score (nSPS) is 25.0. The molecule has 1 aromatic rings. The van der Waals surface area contributed by atoms with Crippen LogP contribution in [0.3, 0.4) is 0 Å². The van der Waals surface area contributed by atoms with Gasteiger partial charge in [-0.15, -0.1) is 12.4 Å². The Morgan fingerprint density at radius 2 is 1.71 bits per heavy atom. The van der Waals surface area contributed by atoms with E-state index in [-0.39, 0.29) is 12.4 Å². The van der Waals surface area contributed by atoms with Crippen molar-refractivity contribution in [3.05, 3.63) is 35.9 Å². The van der Waals surface area contributed by atoms with Gasteiger partial charge in [0.15, 0.2) is 0 Å². The van der Waals surface area contributed by atoms with Gasteiger partial charge < -0.3 is 5.32 Å². The zero-order chi connectivity index (χ0) is 13.6. The van der Waals surface area contributed by atoms with Crippen molar-refractivity contribution in [3.63, 3.8) is 0 Å². The molecule has 1 N–H and O–H groups in total. The first-order valence-corrected chi connectivity index (χ1v) is 8.43. The molecule has 1 unspecified atom stereocenters. The molecule has 3 heteroatoms. The van der Waals surface area contributed by atoms with Gasteiger partial charge >= 0.3 is 0 Å². The maximum Gasteiger partial charge on any atom is 0.0348 e. The number of halogens is 1. The summed E-state index contributed by atoms with van der Waals surface area (Å²) in [6.45, 7) is 5.04. The maximum absolute atomic E-state index is 3.49. The molecule has 2 saturated heterocycles. The Kier molecular flexibility index (Phi) is 7.01. The molecule has 3 rings (SSSR count). The zero-order valence-electron chi connectivity index (χ0n) is 13.0. The fraction of sp³-hybridized carbons (Fsp3) is 0.667. The first-order chi connectivity index (χ1) is 9.93. The minimum Gasteiger partial charge on any atom is -0.317 e. The standard InChI is InChI=1S/C18H28N2.ClH/c1-3-7-17(8-4-1)18-9-5-2-6-14-20(18)15-16-10-12-19-13-11-16;/h1,3-4,7-8,16,18-19H,2,5-6,9-15H2;1H. The van der Waals surface area contributed by atoms with Crippen LogP contribution in [0.4, 0.5) is 0 Å². The van der Waals surface area contributed by atoms with Crippen molar-refractivity contribution in [3.8, 4) is 0 Å². The first kappa shape index (κ1) is 16.8. The summed E-state index contributed by atoms with van der Waals surface area (Å²) >= 11 is 0. The SMILES string of the molecule is Cl.c1ccc(C2CCCCCN2CC2CCNCC2)cc1. The number of benzene rings is 1. The summed E-state index contributed by atoms with van der Waals surface area (Å²) in [5.74, 6) is 0.903. The summed E-state index contributed by atoms with van der Waals surface area (Å²) in [5, 5.41) is 3.49. The third-order valence-electron chi connectivity index (χ3n) is 5.00. The van der Waals surface area contributed by atoms with Crippen molar-refractivity contribution in [2.24, 2.45) is 5.92 Å². The second-order valence-corrected chi connectivity index (χ2v) is 6.46. The lowest BCUT2D eigenvalue weighted by Gasteiger charge is -2.35. The van der Waals surface area contributed by atoms with Gasteiger partial charge in [-0.3, -0.25) is 4.90 Å². The number of hydrogen-bond donors (Lipinski definition) is 1. The van der Waals surface area contributed by atoms with E-state index in [9.17, 15) is 0 Å². The lowest BCUT2D eigenvalue weighted by molar-refractivity contribution is 0.154. The molecular formula is C18H29ClN2. The molecule has 0 saturated carbocycles. The van der Waals surface area contributed by atoms with E-state index < -0.39 is 0 Å². The van der Waals surface area contributed by atoms with Crippen molar-refractivity contribution < 1.29 is 0 Å². The Morgan fingerprint density at radius 1 is 0.952 bits per heavy atom. The average molecular weight is 309 g/mol. The highest BCUT2D eigenvalue weighted by molar-refractivity contribution is 5.85. The van der Waals surface area contributed by atoms with Crippen molar-refractivity contribution in [1.29, 1.82) is 0 Å². The molecule has 1 atom stereocenters. The summed E-state index contributed by atoms with van der Waals surface area (Å²) in [7, 11) is 0. The van der Waals surface area contributed by atoms with Gasteiger partial charge in [0.1, 0.15) is 0 Å². The van der Waals surface area contributed by atoms with Crippen LogP contribution in [0.2, 0.25) is 0 Å². The molecule has 21 heavy (non-hydrogen) atoms. The second kappa shape index (κ2) is 8.77. The summed E-state index contributed by atoms with van der Waals surface area (Å²) in [5.41, 5.74) is 1.53. The fourth-order valence-corrected chi connectivity index (χ4v) is 3.83. The minimum absolute atomic E-state index is 0. The minimum atomic E-state index is 0. The Morgan fingerprint density at radius 3 is 2.48 bits per heavy atom. The highest BCUT2D eigenvalue weighted by Crippen LogP contribution is 2.31. The lowest BCUT2D eigenvalue weighted by atomic mass is 9.95. The van der Waals surface area contributed by atoms with Crippen LogP contribution in [0.15, 0.2) is 30.3 Å². The van der Waals surface area contributed by atoms with Crippen LogP contribution in [0.25, 0.3) is 0 Å². The molecule has 1 aromatic carbocycles. The number of hydrogen-bond acceptors (Lipinski definition) is 2. The van der Waals surface area contributed by atoms with E-state index in [4.69, 9.17) is 0 Å². The third kappa shape index (κ3) is 4.70. The molecule has 2 aliphatic heterocycles. The molecule has 0 spiro atoms. The molecular weight excluding hydrogens is 280 g/mol. The Labute approximate surface area is 135 Å². The molecule has 2 heterocycles. The molecule has 0 radical (unpaired) electrons. The van der Waals surface area contributed by atoms with Gasteiger partial charge in [-0.05, 0) is 56.8 Å². The van der Waals surface area contributed by atoms with Crippen LogP contribution in [-0.2, 0) is 0 Å². The number of likely N-dealkylation sites (tertiary alicyclic amines) is 1. The van der Waals surface area contributed by atoms with E-state index in [2.05, 4.69) is 40.5 Å². The van der Waals surface area contributed by atoms with Gasteiger partial charge in [-0.1, -0.05) is 43.2 Å². The predicted octanol–water partition coefficient (Wildman–Crippen LogP) is 4.03. The topological polar surface area (TPSA) is 15.3 Å². The lowest BCUT2D eigenvalue weighted by Crippen LogP contribution is -2.38. The Hall–Kier alpha value is -0.570. The van der Waals surface area contributed by atoms with E-state index in [1.54, 1.807) is 0 Å². The first-order valence-electron chi connectivity index (χ1n) is 8.43. The third-order valence-corrected chi connectivity index (χ3v) is 5.00. The van der Waals surface area contributed by atoms with Crippen molar-refractivity contribution in [2.75, 3.05) is 26.2 Å². The summed E-state index contributed by atoms with van der Waals surface area (Å²) < 4.78 is 0. The quantitative estimate of drug-likeness (QED) is 0.907. The number of rotatable bonds is 3. The zero-order valence-corrected chi connectivity index (χ0v) is 13.8. The Bertz CT molecular complexity index is 389. The largest absolute Gasteiger partial charge is 0.317 e. The monoisotopic (exact) mass is 308 g/mol. The second-order valence-electron chi connectivity index (χ2n) is 6.46. The summed E-state index contributed by atoms with van der Waals surface area (Å²) in [4.78, 5) is 2.79. The van der Waals surface area contributed by atoms with Crippen molar-refractivity contribution >= 4 is 12.4 Å². The van der Waals surface area contributed by atoms with E-state index in [0.717, 1.165) is 5.92 Å². The molecule has 2 nitrogen and oxygen atoms in total. The number of nitrogens with zero attached hydrogens (tertiary/aromatic N) is 1. The van der Waals surface area contributed by atoms with Crippen LogP contribution in [0.5, 0.6) is 0 Å². The summed E-state index contributed by atoms with van der Waals surface area (Å²) in [6, 6.07) is 11.8. The molecule has 118 valence electrons. The van der Waals surface area contributed by atoms with Crippen molar-refractivity contribution in [1.82, 2.24) is 10.2 Å². The van der Waals surface area contributed by atoms with Crippen LogP contribution >= 0.6 is 12.4 Å². The molecule has 2 fully saturated rings. The maximum atomic E-state index is 3.49. The highest BCUT2D eigenvalue weighted by atomic mass is 35.5.